The highest BCUT2D eigenvalue weighted by Crippen LogP contribution is 2.27. The molecule has 0 bridgehead atoms. The minimum absolute atomic E-state index is 0.195. The molecule has 8 heteroatoms. The van der Waals surface area contributed by atoms with Gasteiger partial charge in [0.05, 0.1) is 47.4 Å². The van der Waals surface area contributed by atoms with Gasteiger partial charge in [-0.1, -0.05) is 30.3 Å². The number of aryl methyl sites for hydroxylation is 2. The zero-order chi connectivity index (χ0) is 23.7. The second-order valence-corrected chi connectivity index (χ2v) is 7.96. The molecule has 5 rings (SSSR count). The summed E-state index contributed by atoms with van der Waals surface area (Å²) in [6.45, 7) is 2.19. The van der Waals surface area contributed by atoms with Crippen LogP contribution in [0.15, 0.2) is 72.9 Å². The van der Waals surface area contributed by atoms with Crippen LogP contribution in [0.3, 0.4) is 0 Å². The molecule has 0 aliphatic rings. The van der Waals surface area contributed by atoms with Crippen molar-refractivity contribution in [1.29, 1.82) is 0 Å². The molecule has 0 spiro atoms. The lowest BCUT2D eigenvalue weighted by Gasteiger charge is -2.09. The van der Waals surface area contributed by atoms with Crippen LogP contribution >= 0.6 is 0 Å². The van der Waals surface area contributed by atoms with E-state index in [0.29, 0.717) is 17.8 Å². The summed E-state index contributed by atoms with van der Waals surface area (Å²) >= 11 is 0. The van der Waals surface area contributed by atoms with Crippen LogP contribution in [-0.4, -0.2) is 37.6 Å². The van der Waals surface area contributed by atoms with Crippen molar-refractivity contribution in [2.24, 2.45) is 7.05 Å². The molecule has 0 atom stereocenters. The van der Waals surface area contributed by atoms with Gasteiger partial charge in [0.2, 0.25) is 0 Å². The molecule has 1 N–H and O–H groups in total. The fourth-order valence-corrected chi connectivity index (χ4v) is 3.98. The van der Waals surface area contributed by atoms with Crippen molar-refractivity contribution in [1.82, 2.24) is 29.9 Å². The quantitative estimate of drug-likeness (QED) is 0.420. The molecule has 0 unspecified atom stereocenters. The molecule has 0 aliphatic carbocycles. The molecule has 0 saturated heterocycles. The lowest BCUT2D eigenvalue weighted by molar-refractivity contribution is 0.0952. The Kier molecular flexibility index (Phi) is 5.55. The predicted molar refractivity (Wildman–Crippen MR) is 130 cm³/mol. The van der Waals surface area contributed by atoms with E-state index in [9.17, 15) is 4.79 Å². The van der Waals surface area contributed by atoms with Crippen LogP contribution in [0.4, 0.5) is 0 Å². The summed E-state index contributed by atoms with van der Waals surface area (Å²) in [5.41, 5.74) is 5.31. The number of aromatic nitrogens is 5. The van der Waals surface area contributed by atoms with E-state index < -0.39 is 0 Å². The minimum Gasteiger partial charge on any atom is -0.497 e. The van der Waals surface area contributed by atoms with Gasteiger partial charge in [0, 0.05) is 18.8 Å². The van der Waals surface area contributed by atoms with E-state index in [0.717, 1.165) is 39.5 Å². The first-order valence-corrected chi connectivity index (χ1v) is 10.9. The Hall–Kier alpha value is -4.46. The van der Waals surface area contributed by atoms with Gasteiger partial charge in [-0.2, -0.15) is 10.2 Å². The van der Waals surface area contributed by atoms with Gasteiger partial charge in [-0.05, 0) is 43.3 Å². The molecule has 0 saturated carbocycles. The molecule has 0 radical (unpaired) electrons. The molecular formula is C26H24N6O2. The summed E-state index contributed by atoms with van der Waals surface area (Å²) in [6.07, 6.45) is 1.87. The van der Waals surface area contributed by atoms with Gasteiger partial charge < -0.3 is 10.1 Å². The first kappa shape index (κ1) is 21.4. The normalized spacial score (nSPS) is 11.0. The summed E-state index contributed by atoms with van der Waals surface area (Å²) in [5.74, 6) is 0.590. The number of nitrogens with one attached hydrogen (secondary N) is 1. The van der Waals surface area contributed by atoms with Crippen LogP contribution in [0, 0.1) is 6.92 Å². The van der Waals surface area contributed by atoms with Gasteiger partial charge in [0.25, 0.3) is 5.91 Å². The van der Waals surface area contributed by atoms with Crippen molar-refractivity contribution in [3.05, 3.63) is 89.9 Å². The highest BCUT2D eigenvalue weighted by atomic mass is 16.5. The van der Waals surface area contributed by atoms with Crippen molar-refractivity contribution < 1.29 is 9.53 Å². The molecule has 0 fully saturated rings. The number of rotatable bonds is 6. The number of nitrogens with zero attached hydrogens (tertiary/aromatic N) is 5. The standard InChI is InChI=1S/C26H24N6O2/c1-17-24-22(15-23(18-7-5-4-6-8-18)28-25(24)31(2)29-17)26(33)27-16-19-13-14-32(30-19)20-9-11-21(34-3)12-10-20/h4-15H,16H2,1-3H3,(H,27,33). The van der Waals surface area contributed by atoms with Gasteiger partial charge in [0.15, 0.2) is 5.65 Å². The van der Waals surface area contributed by atoms with Crippen LogP contribution in [0.5, 0.6) is 5.75 Å². The average molecular weight is 453 g/mol. The molecule has 170 valence electrons. The number of pyridine rings is 1. The summed E-state index contributed by atoms with van der Waals surface area (Å²) in [7, 11) is 3.47. The number of ether oxygens (including phenoxy) is 1. The van der Waals surface area contributed by atoms with Crippen LogP contribution in [-0.2, 0) is 13.6 Å². The largest absolute Gasteiger partial charge is 0.497 e. The average Bonchev–Trinajstić information content (AvgIpc) is 3.47. The number of carbonyl (C=O) groups excluding carboxylic acids is 1. The van der Waals surface area contributed by atoms with E-state index in [4.69, 9.17) is 9.72 Å². The number of fused-ring (bicyclic) bond motifs is 1. The maximum absolute atomic E-state index is 13.3. The molecule has 2 aromatic carbocycles. The second-order valence-electron chi connectivity index (χ2n) is 7.96. The van der Waals surface area contributed by atoms with Gasteiger partial charge in [-0.15, -0.1) is 0 Å². The lowest BCUT2D eigenvalue weighted by atomic mass is 10.0. The number of benzene rings is 2. The Morgan fingerprint density at radius 1 is 1.03 bits per heavy atom. The van der Waals surface area contributed by atoms with Crippen LogP contribution in [0.1, 0.15) is 21.7 Å². The third kappa shape index (κ3) is 4.01. The van der Waals surface area contributed by atoms with E-state index in [-0.39, 0.29) is 5.91 Å². The fraction of sp³-hybridized carbons (Fsp3) is 0.154. The van der Waals surface area contributed by atoms with Crippen molar-refractivity contribution >= 4 is 16.9 Å². The predicted octanol–water partition coefficient (Wildman–Crippen LogP) is 4.07. The number of carbonyl (C=O) groups is 1. The first-order chi connectivity index (χ1) is 16.5. The Morgan fingerprint density at radius 3 is 2.53 bits per heavy atom. The molecule has 3 aromatic heterocycles. The highest BCUT2D eigenvalue weighted by molar-refractivity contribution is 6.07. The zero-order valence-corrected chi connectivity index (χ0v) is 19.2. The third-order valence-electron chi connectivity index (χ3n) is 5.69. The minimum atomic E-state index is -0.195. The van der Waals surface area contributed by atoms with E-state index in [1.807, 2.05) is 86.9 Å². The van der Waals surface area contributed by atoms with Crippen molar-refractivity contribution in [2.45, 2.75) is 13.5 Å². The van der Waals surface area contributed by atoms with Gasteiger partial charge in [-0.25, -0.2) is 9.67 Å². The number of hydrogen-bond donors (Lipinski definition) is 1. The van der Waals surface area contributed by atoms with Gasteiger partial charge in [-0.3, -0.25) is 9.48 Å². The molecular weight excluding hydrogens is 428 g/mol. The summed E-state index contributed by atoms with van der Waals surface area (Å²) in [5, 5.41) is 12.8. The Morgan fingerprint density at radius 2 is 1.79 bits per heavy atom. The maximum atomic E-state index is 13.3. The molecule has 3 heterocycles. The summed E-state index contributed by atoms with van der Waals surface area (Å²) in [4.78, 5) is 18.1. The Bertz CT molecular complexity index is 1470. The van der Waals surface area contributed by atoms with Crippen molar-refractivity contribution in [3.8, 4) is 22.7 Å². The molecule has 0 aliphatic heterocycles. The molecule has 5 aromatic rings. The SMILES string of the molecule is COc1ccc(-n2ccc(CNC(=O)c3cc(-c4ccccc4)nc4c3c(C)nn4C)n2)cc1. The Balaban J connectivity index is 1.41. The molecule has 34 heavy (non-hydrogen) atoms. The smallest absolute Gasteiger partial charge is 0.252 e. The Labute approximate surface area is 196 Å². The van der Waals surface area contributed by atoms with Gasteiger partial charge >= 0.3 is 0 Å². The highest BCUT2D eigenvalue weighted by Gasteiger charge is 2.19. The number of hydrogen-bond acceptors (Lipinski definition) is 5. The van der Waals surface area contributed by atoms with E-state index in [2.05, 4.69) is 15.5 Å². The first-order valence-electron chi connectivity index (χ1n) is 10.9. The number of methoxy groups -OCH3 is 1. The zero-order valence-electron chi connectivity index (χ0n) is 19.2. The summed E-state index contributed by atoms with van der Waals surface area (Å²) < 4.78 is 8.69. The number of amides is 1. The van der Waals surface area contributed by atoms with Crippen LogP contribution in [0.25, 0.3) is 28.0 Å². The van der Waals surface area contributed by atoms with Crippen molar-refractivity contribution in [2.75, 3.05) is 7.11 Å². The summed E-state index contributed by atoms with van der Waals surface area (Å²) in [6, 6.07) is 21.2. The molecule has 1 amide bonds. The lowest BCUT2D eigenvalue weighted by Crippen LogP contribution is -2.23. The van der Waals surface area contributed by atoms with E-state index in [1.165, 1.54) is 0 Å². The fourth-order valence-electron chi connectivity index (χ4n) is 3.98. The third-order valence-corrected chi connectivity index (χ3v) is 5.69. The van der Waals surface area contributed by atoms with E-state index in [1.54, 1.807) is 16.5 Å². The van der Waals surface area contributed by atoms with Crippen molar-refractivity contribution in [3.63, 3.8) is 0 Å². The maximum Gasteiger partial charge on any atom is 0.252 e. The van der Waals surface area contributed by atoms with Crippen LogP contribution in [0.2, 0.25) is 0 Å². The van der Waals surface area contributed by atoms with E-state index >= 15 is 0 Å². The topological polar surface area (TPSA) is 86.9 Å². The monoisotopic (exact) mass is 452 g/mol. The molecule has 8 nitrogen and oxygen atoms in total. The second kappa shape index (κ2) is 8.82. The van der Waals surface area contributed by atoms with Crippen LogP contribution < -0.4 is 10.1 Å². The van der Waals surface area contributed by atoms with Gasteiger partial charge in [0.1, 0.15) is 5.75 Å².